The number of ether oxygens (including phenoxy) is 2. The van der Waals surface area contributed by atoms with Crippen LogP contribution in [0.25, 0.3) is 0 Å². The van der Waals surface area contributed by atoms with Crippen LogP contribution in [0.4, 0.5) is 5.69 Å². The van der Waals surface area contributed by atoms with E-state index in [1.807, 2.05) is 24.3 Å². The molecule has 1 N–H and O–H groups in total. The lowest BCUT2D eigenvalue weighted by Crippen LogP contribution is -2.02. The number of hydrogen-bond acceptors (Lipinski definition) is 4. The highest BCUT2D eigenvalue weighted by atomic mass is 79.9. The number of anilines is 1. The van der Waals surface area contributed by atoms with Gasteiger partial charge in [0.05, 0.1) is 5.69 Å². The molecule has 2 heterocycles. The summed E-state index contributed by atoms with van der Waals surface area (Å²) in [4.78, 5) is 4.06. The predicted molar refractivity (Wildman–Crippen MR) is 76.8 cm³/mol. The first-order valence-corrected chi connectivity index (χ1v) is 6.83. The third kappa shape index (κ3) is 2.62. The molecule has 0 amide bonds. The number of fused-ring (bicyclic) bond motifs is 1. The van der Waals surface area contributed by atoms with E-state index < -0.39 is 0 Å². The van der Waals surface area contributed by atoms with Crippen molar-refractivity contribution in [3.05, 3.63) is 45.7 Å². The van der Waals surface area contributed by atoms with Gasteiger partial charge in [-0.05, 0) is 28.1 Å². The zero-order chi connectivity index (χ0) is 13.2. The third-order valence-corrected chi connectivity index (χ3v) is 3.49. The van der Waals surface area contributed by atoms with E-state index in [1.54, 1.807) is 6.20 Å². The number of nitrogens with zero attached hydrogens (tertiary/aromatic N) is 1. The van der Waals surface area contributed by atoms with Crippen molar-refractivity contribution in [1.29, 1.82) is 0 Å². The zero-order valence-electron chi connectivity index (χ0n) is 9.82. The molecule has 1 aliphatic rings. The van der Waals surface area contributed by atoms with Crippen molar-refractivity contribution in [2.24, 2.45) is 0 Å². The minimum atomic E-state index is 0.269. The molecule has 0 aliphatic carbocycles. The van der Waals surface area contributed by atoms with Crippen LogP contribution in [-0.2, 0) is 6.54 Å². The average molecular weight is 342 g/mol. The molecule has 1 aromatic heterocycles. The fourth-order valence-corrected chi connectivity index (χ4v) is 2.37. The Balaban J connectivity index is 1.80. The zero-order valence-corrected chi connectivity index (χ0v) is 12.2. The van der Waals surface area contributed by atoms with Gasteiger partial charge in [-0.25, -0.2) is 4.98 Å². The molecule has 6 heteroatoms. The van der Waals surface area contributed by atoms with Gasteiger partial charge < -0.3 is 14.8 Å². The van der Waals surface area contributed by atoms with Crippen LogP contribution in [0, 0.1) is 0 Å². The first-order valence-electron chi connectivity index (χ1n) is 5.66. The Kier molecular flexibility index (Phi) is 3.48. The number of halogens is 2. The molecule has 0 bridgehead atoms. The van der Waals surface area contributed by atoms with Gasteiger partial charge in [-0.1, -0.05) is 23.7 Å². The van der Waals surface area contributed by atoms with E-state index in [2.05, 4.69) is 26.2 Å². The number of benzene rings is 1. The molecule has 19 heavy (non-hydrogen) atoms. The highest BCUT2D eigenvalue weighted by Gasteiger charge is 2.17. The topological polar surface area (TPSA) is 43.4 Å². The standard InChI is InChI=1S/C13H10BrClN2O2/c14-9-4-10(13(15)17-6-9)16-5-8-2-1-3-11-12(8)19-7-18-11/h1-4,6,16H,5,7H2. The smallest absolute Gasteiger partial charge is 0.231 e. The number of rotatable bonds is 3. The molecule has 2 aromatic rings. The molecule has 0 radical (unpaired) electrons. The molecule has 0 atom stereocenters. The summed E-state index contributed by atoms with van der Waals surface area (Å²) in [5.74, 6) is 1.56. The number of hydrogen-bond donors (Lipinski definition) is 1. The Morgan fingerprint density at radius 3 is 3.16 bits per heavy atom. The predicted octanol–water partition coefficient (Wildman–Crippen LogP) is 3.84. The molecule has 4 nitrogen and oxygen atoms in total. The molecule has 0 fully saturated rings. The molecule has 0 unspecified atom stereocenters. The number of aromatic nitrogens is 1. The first kappa shape index (κ1) is 12.6. The summed E-state index contributed by atoms with van der Waals surface area (Å²) >= 11 is 9.40. The number of nitrogens with one attached hydrogen (secondary N) is 1. The summed E-state index contributed by atoms with van der Waals surface area (Å²) in [5.41, 5.74) is 1.79. The summed E-state index contributed by atoms with van der Waals surface area (Å²) in [7, 11) is 0. The van der Waals surface area contributed by atoms with Crippen molar-refractivity contribution in [3.63, 3.8) is 0 Å². The van der Waals surface area contributed by atoms with Crippen molar-refractivity contribution in [2.45, 2.75) is 6.54 Å². The molecule has 3 rings (SSSR count). The Morgan fingerprint density at radius 1 is 1.37 bits per heavy atom. The maximum Gasteiger partial charge on any atom is 0.231 e. The fraction of sp³-hybridized carbons (Fsp3) is 0.154. The van der Waals surface area contributed by atoms with Crippen LogP contribution >= 0.6 is 27.5 Å². The average Bonchev–Trinajstić information content (AvgIpc) is 2.88. The molecule has 98 valence electrons. The Bertz CT molecular complexity index is 622. The van der Waals surface area contributed by atoms with Crippen molar-refractivity contribution in [3.8, 4) is 11.5 Å². The molecule has 1 aromatic carbocycles. The quantitative estimate of drug-likeness (QED) is 0.862. The molecule has 0 spiro atoms. The van der Waals surface area contributed by atoms with Crippen molar-refractivity contribution >= 4 is 33.2 Å². The van der Waals surface area contributed by atoms with Crippen LogP contribution in [0.3, 0.4) is 0 Å². The number of para-hydroxylation sites is 1. The maximum atomic E-state index is 6.03. The lowest BCUT2D eigenvalue weighted by atomic mass is 10.2. The molecule has 1 aliphatic heterocycles. The molecular formula is C13H10BrClN2O2. The van der Waals surface area contributed by atoms with Crippen LogP contribution in [0.1, 0.15) is 5.56 Å². The number of pyridine rings is 1. The Labute approximate surface area is 123 Å². The van der Waals surface area contributed by atoms with Crippen LogP contribution in [-0.4, -0.2) is 11.8 Å². The second kappa shape index (κ2) is 5.27. The lowest BCUT2D eigenvalue weighted by molar-refractivity contribution is 0.173. The minimum absolute atomic E-state index is 0.269. The van der Waals surface area contributed by atoms with Crippen molar-refractivity contribution in [2.75, 3.05) is 12.1 Å². The third-order valence-electron chi connectivity index (χ3n) is 2.75. The van der Waals surface area contributed by atoms with Gasteiger partial charge in [0.25, 0.3) is 0 Å². The van der Waals surface area contributed by atoms with E-state index in [0.29, 0.717) is 11.7 Å². The van der Waals surface area contributed by atoms with E-state index in [0.717, 1.165) is 27.2 Å². The van der Waals surface area contributed by atoms with Gasteiger partial charge in [0, 0.05) is 22.8 Å². The molecular weight excluding hydrogens is 332 g/mol. The van der Waals surface area contributed by atoms with Crippen LogP contribution in [0.5, 0.6) is 11.5 Å². The van der Waals surface area contributed by atoms with Gasteiger partial charge in [-0.3, -0.25) is 0 Å². The lowest BCUT2D eigenvalue weighted by Gasteiger charge is -2.10. The molecule has 0 saturated carbocycles. The van der Waals surface area contributed by atoms with Gasteiger partial charge in [0.2, 0.25) is 6.79 Å². The van der Waals surface area contributed by atoms with Gasteiger partial charge >= 0.3 is 0 Å². The van der Waals surface area contributed by atoms with Gasteiger partial charge in [0.15, 0.2) is 16.7 Å². The second-order valence-corrected chi connectivity index (χ2v) is 5.27. The van der Waals surface area contributed by atoms with E-state index in [9.17, 15) is 0 Å². The highest BCUT2D eigenvalue weighted by molar-refractivity contribution is 9.10. The SMILES string of the molecule is Clc1ncc(Br)cc1NCc1cccc2c1OCO2. The van der Waals surface area contributed by atoms with Crippen LogP contribution in [0.15, 0.2) is 34.9 Å². The first-order chi connectivity index (χ1) is 9.24. The summed E-state index contributed by atoms with van der Waals surface area (Å²) in [6.07, 6.45) is 1.66. The maximum absolute atomic E-state index is 6.03. The van der Waals surface area contributed by atoms with E-state index >= 15 is 0 Å². The van der Waals surface area contributed by atoms with Crippen LogP contribution < -0.4 is 14.8 Å². The Hall–Kier alpha value is -1.46. The summed E-state index contributed by atoms with van der Waals surface area (Å²) in [6.45, 7) is 0.857. The summed E-state index contributed by atoms with van der Waals surface area (Å²) in [6, 6.07) is 7.69. The molecule has 0 saturated heterocycles. The Morgan fingerprint density at radius 2 is 2.26 bits per heavy atom. The van der Waals surface area contributed by atoms with E-state index in [-0.39, 0.29) is 6.79 Å². The van der Waals surface area contributed by atoms with Gasteiger partial charge in [0.1, 0.15) is 0 Å². The minimum Gasteiger partial charge on any atom is -0.454 e. The van der Waals surface area contributed by atoms with Crippen molar-refractivity contribution < 1.29 is 9.47 Å². The summed E-state index contributed by atoms with van der Waals surface area (Å²) < 4.78 is 11.7. The van der Waals surface area contributed by atoms with E-state index in [1.165, 1.54) is 0 Å². The van der Waals surface area contributed by atoms with Gasteiger partial charge in [-0.15, -0.1) is 0 Å². The second-order valence-electron chi connectivity index (χ2n) is 4.00. The normalized spacial score (nSPS) is 12.5. The summed E-state index contributed by atoms with van der Waals surface area (Å²) in [5, 5.41) is 3.68. The fourth-order valence-electron chi connectivity index (χ4n) is 1.87. The largest absolute Gasteiger partial charge is 0.454 e. The van der Waals surface area contributed by atoms with E-state index in [4.69, 9.17) is 21.1 Å². The van der Waals surface area contributed by atoms with Crippen LogP contribution in [0.2, 0.25) is 5.15 Å². The van der Waals surface area contributed by atoms with Gasteiger partial charge in [-0.2, -0.15) is 0 Å². The highest BCUT2D eigenvalue weighted by Crippen LogP contribution is 2.36. The monoisotopic (exact) mass is 340 g/mol. The van der Waals surface area contributed by atoms with Crippen molar-refractivity contribution in [1.82, 2.24) is 4.98 Å².